The lowest BCUT2D eigenvalue weighted by molar-refractivity contribution is 0.117. The third-order valence-electron chi connectivity index (χ3n) is 4.46. The summed E-state index contributed by atoms with van der Waals surface area (Å²) in [7, 11) is -3.22. The molecular formula is C23H33FIN3O3S. The van der Waals surface area contributed by atoms with Gasteiger partial charge in [0.25, 0.3) is 0 Å². The van der Waals surface area contributed by atoms with Gasteiger partial charge in [0.2, 0.25) is 0 Å². The third-order valence-corrected chi connectivity index (χ3v) is 5.29. The number of nitrogens with zero attached hydrogens (tertiary/aromatic N) is 1. The molecule has 0 radical (unpaired) electrons. The van der Waals surface area contributed by atoms with E-state index >= 15 is 0 Å². The molecule has 2 aromatic carbocycles. The van der Waals surface area contributed by atoms with Gasteiger partial charge in [-0.15, -0.1) is 24.0 Å². The Morgan fingerprint density at radius 1 is 1.06 bits per heavy atom. The Morgan fingerprint density at radius 3 is 2.50 bits per heavy atom. The smallest absolute Gasteiger partial charge is 0.191 e. The lowest BCUT2D eigenvalue weighted by atomic mass is 10.1. The van der Waals surface area contributed by atoms with Crippen LogP contribution < -0.4 is 10.6 Å². The molecule has 0 aliphatic heterocycles. The Hall–Kier alpha value is -1.72. The number of halogens is 2. The van der Waals surface area contributed by atoms with Crippen LogP contribution in [0, 0.1) is 5.82 Å². The number of benzene rings is 2. The highest BCUT2D eigenvalue weighted by molar-refractivity contribution is 14.0. The van der Waals surface area contributed by atoms with Crippen LogP contribution in [-0.2, 0) is 33.5 Å². The number of hydrogen-bond acceptors (Lipinski definition) is 4. The summed E-state index contributed by atoms with van der Waals surface area (Å²) in [6, 6.07) is 14.2. The topological polar surface area (TPSA) is 79.8 Å². The summed E-state index contributed by atoms with van der Waals surface area (Å²) in [5, 5.41) is 6.41. The lowest BCUT2D eigenvalue weighted by Crippen LogP contribution is -2.37. The Labute approximate surface area is 208 Å². The summed E-state index contributed by atoms with van der Waals surface area (Å²) >= 11 is 0. The predicted octanol–water partition coefficient (Wildman–Crippen LogP) is 4.04. The van der Waals surface area contributed by atoms with Crippen molar-refractivity contribution < 1.29 is 17.5 Å². The maximum Gasteiger partial charge on any atom is 0.191 e. The summed E-state index contributed by atoms with van der Waals surface area (Å²) in [6.45, 7) is 4.86. The Kier molecular flexibility index (Phi) is 13.4. The predicted molar refractivity (Wildman–Crippen MR) is 139 cm³/mol. The van der Waals surface area contributed by atoms with E-state index in [0.717, 1.165) is 24.9 Å². The van der Waals surface area contributed by atoms with E-state index < -0.39 is 15.7 Å². The standard InChI is InChI=1S/C23H32FN3O3S.HI/c1-3-25-23(26-13-7-8-14-30-17-19-9-5-4-6-10-19)27-16-21-15-22(24)12-11-20(21)18-31(2,28)29;/h4-6,9-12,15H,3,7-8,13-14,16-18H2,1-2H3,(H2,25,26,27);1H. The molecule has 0 amide bonds. The first-order valence-electron chi connectivity index (χ1n) is 10.5. The second-order valence-corrected chi connectivity index (χ2v) is 9.49. The largest absolute Gasteiger partial charge is 0.377 e. The SMILES string of the molecule is CCNC(=NCc1cc(F)ccc1CS(C)(=O)=O)NCCCCOCc1ccccc1.I. The second kappa shape index (κ2) is 15.2. The van der Waals surface area contributed by atoms with E-state index in [9.17, 15) is 12.8 Å². The van der Waals surface area contributed by atoms with E-state index in [1.165, 1.54) is 24.5 Å². The molecule has 6 nitrogen and oxygen atoms in total. The zero-order valence-corrected chi connectivity index (χ0v) is 21.8. The molecule has 0 saturated carbocycles. The molecule has 2 aromatic rings. The molecule has 0 saturated heterocycles. The molecule has 9 heteroatoms. The first-order chi connectivity index (χ1) is 14.9. The maximum atomic E-state index is 13.7. The summed E-state index contributed by atoms with van der Waals surface area (Å²) in [5.41, 5.74) is 2.30. The van der Waals surface area contributed by atoms with Crippen LogP contribution in [0.2, 0.25) is 0 Å². The fourth-order valence-corrected chi connectivity index (χ4v) is 3.82. The number of nitrogens with one attached hydrogen (secondary N) is 2. The molecule has 0 spiro atoms. The molecule has 32 heavy (non-hydrogen) atoms. The van der Waals surface area contributed by atoms with Gasteiger partial charge >= 0.3 is 0 Å². The molecule has 0 bridgehead atoms. The molecule has 2 N–H and O–H groups in total. The number of unbranched alkanes of at least 4 members (excludes halogenated alkanes) is 1. The van der Waals surface area contributed by atoms with Crippen molar-refractivity contribution in [1.82, 2.24) is 10.6 Å². The van der Waals surface area contributed by atoms with Crippen LogP contribution in [0.15, 0.2) is 53.5 Å². The normalized spacial score (nSPS) is 11.7. The third kappa shape index (κ3) is 11.8. The maximum absolute atomic E-state index is 13.7. The molecule has 2 rings (SSSR count). The molecule has 0 atom stereocenters. The van der Waals surface area contributed by atoms with Crippen LogP contribution in [0.4, 0.5) is 4.39 Å². The van der Waals surface area contributed by atoms with Gasteiger partial charge in [-0.05, 0) is 48.6 Å². The number of aliphatic imine (C=N–C) groups is 1. The number of guanidine groups is 1. The first kappa shape index (κ1) is 28.3. The zero-order chi connectivity index (χ0) is 22.5. The van der Waals surface area contributed by atoms with Crippen LogP contribution in [-0.4, -0.2) is 40.3 Å². The van der Waals surface area contributed by atoms with E-state index in [4.69, 9.17) is 4.74 Å². The van der Waals surface area contributed by atoms with Gasteiger partial charge in [0.15, 0.2) is 15.8 Å². The van der Waals surface area contributed by atoms with Crippen molar-refractivity contribution in [3.8, 4) is 0 Å². The summed E-state index contributed by atoms with van der Waals surface area (Å²) in [5.74, 6) is 0.0728. The van der Waals surface area contributed by atoms with Gasteiger partial charge in [-0.3, -0.25) is 0 Å². The van der Waals surface area contributed by atoms with Crippen LogP contribution in [0.3, 0.4) is 0 Å². The zero-order valence-electron chi connectivity index (χ0n) is 18.6. The van der Waals surface area contributed by atoms with Gasteiger partial charge < -0.3 is 15.4 Å². The van der Waals surface area contributed by atoms with Crippen LogP contribution >= 0.6 is 24.0 Å². The van der Waals surface area contributed by atoms with Gasteiger partial charge in [-0.25, -0.2) is 17.8 Å². The minimum absolute atomic E-state index is 0. The summed E-state index contributed by atoms with van der Waals surface area (Å²) in [4.78, 5) is 4.49. The quantitative estimate of drug-likeness (QED) is 0.172. The van der Waals surface area contributed by atoms with Crippen molar-refractivity contribution in [2.75, 3.05) is 26.0 Å². The minimum atomic E-state index is -3.22. The van der Waals surface area contributed by atoms with Crippen molar-refractivity contribution in [3.63, 3.8) is 0 Å². The lowest BCUT2D eigenvalue weighted by Gasteiger charge is -2.12. The highest BCUT2D eigenvalue weighted by atomic mass is 127. The van der Waals surface area contributed by atoms with Crippen molar-refractivity contribution >= 4 is 39.8 Å². The fourth-order valence-electron chi connectivity index (χ4n) is 2.97. The van der Waals surface area contributed by atoms with E-state index in [1.54, 1.807) is 0 Å². The van der Waals surface area contributed by atoms with Gasteiger partial charge in [0.05, 0.1) is 18.9 Å². The van der Waals surface area contributed by atoms with Crippen molar-refractivity contribution in [1.29, 1.82) is 0 Å². The van der Waals surface area contributed by atoms with Crippen LogP contribution in [0.5, 0.6) is 0 Å². The highest BCUT2D eigenvalue weighted by Gasteiger charge is 2.10. The van der Waals surface area contributed by atoms with Crippen molar-refractivity contribution in [2.45, 2.75) is 38.7 Å². The van der Waals surface area contributed by atoms with Gasteiger partial charge in [-0.2, -0.15) is 0 Å². The van der Waals surface area contributed by atoms with Crippen LogP contribution in [0.1, 0.15) is 36.5 Å². The van der Waals surface area contributed by atoms with E-state index in [1.807, 2.05) is 37.3 Å². The van der Waals surface area contributed by atoms with Crippen molar-refractivity contribution in [3.05, 3.63) is 71.0 Å². The van der Waals surface area contributed by atoms with E-state index in [0.29, 0.717) is 36.8 Å². The number of ether oxygens (including phenoxy) is 1. The van der Waals surface area contributed by atoms with Crippen LogP contribution in [0.25, 0.3) is 0 Å². The average Bonchev–Trinajstić information content (AvgIpc) is 2.72. The molecule has 0 aliphatic rings. The van der Waals surface area contributed by atoms with Crippen molar-refractivity contribution in [2.24, 2.45) is 4.99 Å². The molecule has 0 aliphatic carbocycles. The van der Waals surface area contributed by atoms with Gasteiger partial charge in [0.1, 0.15) is 5.82 Å². The molecule has 0 unspecified atom stereocenters. The molecule has 0 fully saturated rings. The molecule has 0 heterocycles. The first-order valence-corrected chi connectivity index (χ1v) is 12.5. The Balaban J connectivity index is 0.00000512. The summed E-state index contributed by atoms with van der Waals surface area (Å²) < 4.78 is 42.6. The highest BCUT2D eigenvalue weighted by Crippen LogP contribution is 2.15. The fraction of sp³-hybridized carbons (Fsp3) is 0.435. The Bertz CT molecular complexity index is 941. The Morgan fingerprint density at radius 2 is 1.81 bits per heavy atom. The van der Waals surface area contributed by atoms with Gasteiger partial charge in [0, 0.05) is 26.0 Å². The average molecular weight is 578 g/mol. The van der Waals surface area contributed by atoms with E-state index in [-0.39, 0.29) is 36.3 Å². The molecule has 178 valence electrons. The number of sulfone groups is 1. The monoisotopic (exact) mass is 577 g/mol. The summed E-state index contributed by atoms with van der Waals surface area (Å²) in [6.07, 6.45) is 3.00. The van der Waals surface area contributed by atoms with Gasteiger partial charge in [-0.1, -0.05) is 36.4 Å². The molecular weight excluding hydrogens is 544 g/mol. The van der Waals surface area contributed by atoms with E-state index in [2.05, 4.69) is 15.6 Å². The second-order valence-electron chi connectivity index (χ2n) is 7.35. The number of hydrogen-bond donors (Lipinski definition) is 2. The molecule has 0 aromatic heterocycles. The number of rotatable bonds is 12. The minimum Gasteiger partial charge on any atom is -0.377 e.